The molecule has 1 N–H and O–H groups in total. The fourth-order valence-corrected chi connectivity index (χ4v) is 3.81. The molecule has 8 heteroatoms. The van der Waals surface area contributed by atoms with E-state index in [0.29, 0.717) is 18.0 Å². The molecule has 0 aliphatic carbocycles. The summed E-state index contributed by atoms with van der Waals surface area (Å²) in [6, 6.07) is 5.56. The number of hydrogen-bond donors (Lipinski definition) is 1. The molecule has 0 unspecified atom stereocenters. The average Bonchev–Trinajstić information content (AvgIpc) is 3.36. The molecule has 2 amide bonds. The fourth-order valence-electron chi connectivity index (χ4n) is 3.13. The van der Waals surface area contributed by atoms with Crippen LogP contribution in [-0.4, -0.2) is 66.0 Å². The number of aromatic nitrogens is 1. The van der Waals surface area contributed by atoms with Crippen LogP contribution in [0.25, 0.3) is 10.6 Å². The zero-order chi connectivity index (χ0) is 19.1. The smallest absolute Gasteiger partial charge is 0.273 e. The van der Waals surface area contributed by atoms with Gasteiger partial charge in [-0.1, -0.05) is 17.6 Å². The highest BCUT2D eigenvalue weighted by atomic mass is 32.1. The van der Waals surface area contributed by atoms with Crippen LogP contribution in [0.4, 0.5) is 0 Å². The molecule has 1 saturated heterocycles. The van der Waals surface area contributed by atoms with E-state index in [-0.39, 0.29) is 11.8 Å². The van der Waals surface area contributed by atoms with Crippen LogP contribution in [0.15, 0.2) is 28.1 Å². The lowest BCUT2D eigenvalue weighted by Gasteiger charge is -2.34. The maximum Gasteiger partial charge on any atom is 0.273 e. The number of carbonyl (C=O) groups excluding carboxylic acids is 2. The number of nitrogens with zero attached hydrogens (tertiary/aromatic N) is 3. The minimum atomic E-state index is -0.193. The molecule has 3 heterocycles. The second-order valence-electron chi connectivity index (χ2n) is 6.72. The van der Waals surface area contributed by atoms with Crippen molar-refractivity contribution in [2.75, 3.05) is 39.3 Å². The van der Waals surface area contributed by atoms with E-state index in [2.05, 4.69) is 15.4 Å². The van der Waals surface area contributed by atoms with Crippen molar-refractivity contribution >= 4 is 23.2 Å². The Balaban J connectivity index is 1.27. The molecule has 0 bridgehead atoms. The van der Waals surface area contributed by atoms with Gasteiger partial charge in [0, 0.05) is 45.7 Å². The maximum atomic E-state index is 12.1. The number of thiophene rings is 1. The lowest BCUT2D eigenvalue weighted by atomic mass is 10.2. The number of piperazine rings is 1. The van der Waals surface area contributed by atoms with Crippen LogP contribution in [0, 0.1) is 0 Å². The quantitative estimate of drug-likeness (QED) is 0.701. The lowest BCUT2D eigenvalue weighted by molar-refractivity contribution is -0.130. The summed E-state index contributed by atoms with van der Waals surface area (Å²) in [5.74, 6) is 0.599. The largest absolute Gasteiger partial charge is 0.355 e. The molecular formula is C19H26N4O3S. The fraction of sp³-hybridized carbons (Fsp3) is 0.526. The van der Waals surface area contributed by atoms with E-state index >= 15 is 0 Å². The van der Waals surface area contributed by atoms with Gasteiger partial charge in [0.2, 0.25) is 5.91 Å². The molecule has 2 aromatic rings. The van der Waals surface area contributed by atoms with Crippen LogP contribution in [0.5, 0.6) is 0 Å². The van der Waals surface area contributed by atoms with E-state index in [9.17, 15) is 9.59 Å². The highest BCUT2D eigenvalue weighted by Gasteiger charge is 2.18. The van der Waals surface area contributed by atoms with Crippen molar-refractivity contribution in [3.05, 3.63) is 29.3 Å². The number of unbranched alkanes of at least 4 members (excludes halogenated alkanes) is 2. The number of hydrogen-bond acceptors (Lipinski definition) is 6. The second kappa shape index (κ2) is 9.66. The van der Waals surface area contributed by atoms with Crippen LogP contribution < -0.4 is 5.32 Å². The van der Waals surface area contributed by atoms with E-state index in [4.69, 9.17) is 4.52 Å². The molecule has 1 fully saturated rings. The lowest BCUT2D eigenvalue weighted by Crippen LogP contribution is -2.48. The van der Waals surface area contributed by atoms with Gasteiger partial charge in [0.1, 0.15) is 0 Å². The Labute approximate surface area is 163 Å². The molecule has 1 aliphatic rings. The average molecular weight is 391 g/mol. The predicted octanol–water partition coefficient (Wildman–Crippen LogP) is 2.47. The molecule has 0 saturated carbocycles. The Morgan fingerprint density at radius 2 is 2.04 bits per heavy atom. The van der Waals surface area contributed by atoms with Crippen LogP contribution >= 0.6 is 11.3 Å². The highest BCUT2D eigenvalue weighted by Crippen LogP contribution is 2.25. The van der Waals surface area contributed by atoms with E-state index in [0.717, 1.165) is 56.9 Å². The van der Waals surface area contributed by atoms with E-state index < -0.39 is 0 Å². The third-order valence-corrected chi connectivity index (χ3v) is 5.65. The molecule has 146 valence electrons. The number of carbonyl (C=O) groups is 2. The summed E-state index contributed by atoms with van der Waals surface area (Å²) in [5.41, 5.74) is 0.321. The van der Waals surface area contributed by atoms with Crippen molar-refractivity contribution < 1.29 is 14.1 Å². The van der Waals surface area contributed by atoms with Gasteiger partial charge >= 0.3 is 0 Å². The Bertz CT molecular complexity index is 736. The first-order valence-electron chi connectivity index (χ1n) is 9.40. The van der Waals surface area contributed by atoms with Gasteiger partial charge in [0.25, 0.3) is 5.91 Å². The molecule has 2 aromatic heterocycles. The number of rotatable bonds is 8. The Morgan fingerprint density at radius 1 is 1.22 bits per heavy atom. The van der Waals surface area contributed by atoms with Gasteiger partial charge in [0.15, 0.2) is 11.5 Å². The standard InChI is InChI=1S/C19H26N4O3S/c1-15(24)23-11-9-22(10-12-23)8-4-2-3-7-20-19(25)16-14-17(26-21-16)18-6-5-13-27-18/h5-6,13-14H,2-4,7-12H2,1H3,(H,20,25). The van der Waals surface area contributed by atoms with E-state index in [1.807, 2.05) is 22.4 Å². The van der Waals surface area contributed by atoms with Gasteiger partial charge in [-0.25, -0.2) is 0 Å². The topological polar surface area (TPSA) is 78.7 Å². The van der Waals surface area contributed by atoms with Crippen LogP contribution in [0.1, 0.15) is 36.7 Å². The summed E-state index contributed by atoms with van der Waals surface area (Å²) in [4.78, 5) is 28.7. The van der Waals surface area contributed by atoms with Crippen molar-refractivity contribution in [3.8, 4) is 10.6 Å². The molecule has 0 atom stereocenters. The first-order valence-corrected chi connectivity index (χ1v) is 10.3. The van der Waals surface area contributed by atoms with Gasteiger partial charge in [-0.05, 0) is 30.8 Å². The first kappa shape index (κ1) is 19.6. The Kier molecular flexibility index (Phi) is 7.00. The van der Waals surface area contributed by atoms with Gasteiger partial charge in [0.05, 0.1) is 4.88 Å². The summed E-state index contributed by atoms with van der Waals surface area (Å²) < 4.78 is 5.23. The maximum absolute atomic E-state index is 12.1. The predicted molar refractivity (Wildman–Crippen MR) is 105 cm³/mol. The SMILES string of the molecule is CC(=O)N1CCN(CCCCCNC(=O)c2cc(-c3cccs3)on2)CC1. The van der Waals surface area contributed by atoms with E-state index in [1.54, 1.807) is 24.3 Å². The second-order valence-corrected chi connectivity index (χ2v) is 7.67. The number of amides is 2. The van der Waals surface area contributed by atoms with Crippen molar-refractivity contribution in [1.29, 1.82) is 0 Å². The van der Waals surface area contributed by atoms with Crippen molar-refractivity contribution in [3.63, 3.8) is 0 Å². The van der Waals surface area contributed by atoms with Gasteiger partial charge in [-0.2, -0.15) is 0 Å². The molecule has 0 aromatic carbocycles. The zero-order valence-corrected chi connectivity index (χ0v) is 16.5. The first-order chi connectivity index (χ1) is 13.1. The van der Waals surface area contributed by atoms with Gasteiger partial charge in [-0.3, -0.25) is 14.5 Å². The molecule has 0 spiro atoms. The normalized spacial score (nSPS) is 15.1. The van der Waals surface area contributed by atoms with Gasteiger partial charge in [-0.15, -0.1) is 11.3 Å². The van der Waals surface area contributed by atoms with E-state index in [1.165, 1.54) is 0 Å². The number of nitrogens with one attached hydrogen (secondary N) is 1. The van der Waals surface area contributed by atoms with Crippen LogP contribution in [0.2, 0.25) is 0 Å². The van der Waals surface area contributed by atoms with Crippen molar-refractivity contribution in [1.82, 2.24) is 20.3 Å². The third kappa shape index (κ3) is 5.64. The summed E-state index contributed by atoms with van der Waals surface area (Å²) >= 11 is 1.55. The summed E-state index contributed by atoms with van der Waals surface area (Å²) in [5, 5.41) is 8.71. The van der Waals surface area contributed by atoms with Crippen molar-refractivity contribution in [2.24, 2.45) is 0 Å². The highest BCUT2D eigenvalue weighted by molar-refractivity contribution is 7.13. The monoisotopic (exact) mass is 390 g/mol. The third-order valence-electron chi connectivity index (χ3n) is 4.76. The molecule has 0 radical (unpaired) electrons. The molecule has 27 heavy (non-hydrogen) atoms. The minimum absolute atomic E-state index is 0.167. The summed E-state index contributed by atoms with van der Waals surface area (Å²) in [6.45, 7) is 6.88. The van der Waals surface area contributed by atoms with Crippen LogP contribution in [0.3, 0.4) is 0 Å². The molecule has 3 rings (SSSR count). The van der Waals surface area contributed by atoms with Crippen molar-refractivity contribution in [2.45, 2.75) is 26.2 Å². The van der Waals surface area contributed by atoms with Crippen LogP contribution in [-0.2, 0) is 4.79 Å². The molecule has 1 aliphatic heterocycles. The minimum Gasteiger partial charge on any atom is -0.355 e. The summed E-state index contributed by atoms with van der Waals surface area (Å²) in [7, 11) is 0. The Hall–Kier alpha value is -2.19. The Morgan fingerprint density at radius 3 is 2.74 bits per heavy atom. The molecular weight excluding hydrogens is 364 g/mol. The van der Waals surface area contributed by atoms with Gasteiger partial charge < -0.3 is 14.7 Å². The zero-order valence-electron chi connectivity index (χ0n) is 15.6. The summed E-state index contributed by atoms with van der Waals surface area (Å²) in [6.07, 6.45) is 3.10. The molecule has 7 nitrogen and oxygen atoms in total.